The first-order chi connectivity index (χ1) is 7.66. The smallest absolute Gasteiger partial charge is 0.143 e. The van der Waals surface area contributed by atoms with Crippen LogP contribution < -0.4 is 11.5 Å². The molecule has 1 fully saturated rings. The molecule has 1 saturated heterocycles. The average Bonchev–Trinajstić information content (AvgIpc) is 2.27. The third-order valence-corrected chi connectivity index (χ3v) is 3.08. The molecule has 4 nitrogen and oxygen atoms in total. The molecule has 4 heteroatoms. The van der Waals surface area contributed by atoms with Crippen LogP contribution in [0.15, 0.2) is 12.1 Å². The summed E-state index contributed by atoms with van der Waals surface area (Å²) >= 11 is 0. The molecular formula is C12H19N3O. The number of nitrogen functional groups attached to an aromatic ring is 2. The molecule has 1 heterocycles. The minimum Gasteiger partial charge on any atom is -0.505 e. The Hall–Kier alpha value is -1.42. The molecular weight excluding hydrogens is 202 g/mol. The molecule has 0 aliphatic carbocycles. The Morgan fingerprint density at radius 2 is 1.81 bits per heavy atom. The Morgan fingerprint density at radius 1 is 1.12 bits per heavy atom. The van der Waals surface area contributed by atoms with E-state index in [2.05, 4.69) is 4.90 Å². The highest BCUT2D eigenvalue weighted by atomic mass is 16.3. The Morgan fingerprint density at radius 3 is 2.50 bits per heavy atom. The van der Waals surface area contributed by atoms with Crippen molar-refractivity contribution in [2.45, 2.75) is 25.8 Å². The van der Waals surface area contributed by atoms with Crippen LogP contribution in [0, 0.1) is 0 Å². The summed E-state index contributed by atoms with van der Waals surface area (Å²) in [6.07, 6.45) is 3.78. The van der Waals surface area contributed by atoms with E-state index in [4.69, 9.17) is 11.5 Å². The summed E-state index contributed by atoms with van der Waals surface area (Å²) in [7, 11) is 0. The first-order valence-corrected chi connectivity index (χ1v) is 5.76. The highest BCUT2D eigenvalue weighted by Crippen LogP contribution is 2.29. The van der Waals surface area contributed by atoms with Gasteiger partial charge in [0.25, 0.3) is 0 Å². The summed E-state index contributed by atoms with van der Waals surface area (Å²) in [6, 6.07) is 3.40. The van der Waals surface area contributed by atoms with Crippen LogP contribution in [0.2, 0.25) is 0 Å². The lowest BCUT2D eigenvalue weighted by atomic mass is 10.1. The van der Waals surface area contributed by atoms with E-state index in [0.717, 1.165) is 25.2 Å². The van der Waals surface area contributed by atoms with Crippen molar-refractivity contribution in [3.63, 3.8) is 0 Å². The number of hydrogen-bond acceptors (Lipinski definition) is 4. The molecule has 1 aromatic rings. The number of benzene rings is 1. The Kier molecular flexibility index (Phi) is 3.19. The van der Waals surface area contributed by atoms with Gasteiger partial charge in [-0.25, -0.2) is 0 Å². The maximum Gasteiger partial charge on any atom is 0.143 e. The summed E-state index contributed by atoms with van der Waals surface area (Å²) in [5.41, 5.74) is 13.2. The van der Waals surface area contributed by atoms with Crippen LogP contribution in [0.25, 0.3) is 0 Å². The lowest BCUT2D eigenvalue weighted by Gasteiger charge is -2.26. The van der Waals surface area contributed by atoms with Gasteiger partial charge in [0.2, 0.25) is 0 Å². The molecule has 1 aliphatic rings. The lowest BCUT2D eigenvalue weighted by Crippen LogP contribution is -2.29. The first kappa shape index (κ1) is 11.1. The second-order valence-corrected chi connectivity index (χ2v) is 4.45. The highest BCUT2D eigenvalue weighted by molar-refractivity contribution is 5.63. The fourth-order valence-corrected chi connectivity index (χ4v) is 2.22. The van der Waals surface area contributed by atoms with Gasteiger partial charge in [-0.3, -0.25) is 4.90 Å². The van der Waals surface area contributed by atoms with Gasteiger partial charge in [-0.2, -0.15) is 0 Å². The molecule has 88 valence electrons. The molecule has 0 atom stereocenters. The molecule has 16 heavy (non-hydrogen) atoms. The second kappa shape index (κ2) is 4.61. The second-order valence-electron chi connectivity index (χ2n) is 4.45. The van der Waals surface area contributed by atoms with E-state index >= 15 is 0 Å². The molecule has 2 rings (SSSR count). The van der Waals surface area contributed by atoms with Gasteiger partial charge < -0.3 is 16.6 Å². The molecule has 0 spiro atoms. The van der Waals surface area contributed by atoms with E-state index in [0.29, 0.717) is 11.4 Å². The van der Waals surface area contributed by atoms with Gasteiger partial charge >= 0.3 is 0 Å². The number of anilines is 2. The quantitative estimate of drug-likeness (QED) is 0.402. The van der Waals surface area contributed by atoms with Crippen LogP contribution in [0.4, 0.5) is 11.4 Å². The number of rotatable bonds is 2. The van der Waals surface area contributed by atoms with Crippen LogP contribution in [-0.2, 0) is 6.54 Å². The van der Waals surface area contributed by atoms with Gasteiger partial charge in [0, 0.05) is 17.8 Å². The predicted molar refractivity (Wildman–Crippen MR) is 66.1 cm³/mol. The standard InChI is InChI=1S/C12H19N3O/c13-10-6-9(12(16)11(14)7-10)8-15-4-2-1-3-5-15/h6-7,16H,1-5,8,13-14H2. The molecule has 0 radical (unpaired) electrons. The van der Waals surface area contributed by atoms with Gasteiger partial charge in [-0.05, 0) is 38.1 Å². The SMILES string of the molecule is Nc1cc(N)c(O)c(CN2CCCCC2)c1. The third-order valence-electron chi connectivity index (χ3n) is 3.08. The van der Waals surface area contributed by atoms with Crippen molar-refractivity contribution in [3.05, 3.63) is 17.7 Å². The van der Waals surface area contributed by atoms with E-state index in [1.54, 1.807) is 12.1 Å². The maximum absolute atomic E-state index is 9.85. The summed E-state index contributed by atoms with van der Waals surface area (Å²) < 4.78 is 0. The van der Waals surface area contributed by atoms with Crippen molar-refractivity contribution < 1.29 is 5.11 Å². The summed E-state index contributed by atoms with van der Waals surface area (Å²) in [5, 5.41) is 9.85. The Bertz CT molecular complexity index is 373. The minimum atomic E-state index is 0.180. The monoisotopic (exact) mass is 221 g/mol. The molecule has 5 N–H and O–H groups in total. The Labute approximate surface area is 95.8 Å². The van der Waals surface area contributed by atoms with E-state index in [1.807, 2.05) is 0 Å². The lowest BCUT2D eigenvalue weighted by molar-refractivity contribution is 0.218. The fourth-order valence-electron chi connectivity index (χ4n) is 2.22. The fraction of sp³-hybridized carbons (Fsp3) is 0.500. The first-order valence-electron chi connectivity index (χ1n) is 5.76. The van der Waals surface area contributed by atoms with Crippen molar-refractivity contribution in [1.82, 2.24) is 4.90 Å². The topological polar surface area (TPSA) is 75.5 Å². The molecule has 1 aromatic carbocycles. The van der Waals surface area contributed by atoms with Crippen LogP contribution >= 0.6 is 0 Å². The van der Waals surface area contributed by atoms with Crippen molar-refractivity contribution >= 4 is 11.4 Å². The van der Waals surface area contributed by atoms with Gasteiger partial charge in [-0.1, -0.05) is 6.42 Å². The van der Waals surface area contributed by atoms with E-state index in [-0.39, 0.29) is 5.75 Å². The maximum atomic E-state index is 9.85. The summed E-state index contributed by atoms with van der Waals surface area (Å²) in [5.74, 6) is 0.180. The number of likely N-dealkylation sites (tertiary alicyclic amines) is 1. The molecule has 0 unspecified atom stereocenters. The van der Waals surface area contributed by atoms with E-state index in [1.165, 1.54) is 19.3 Å². The zero-order valence-electron chi connectivity index (χ0n) is 9.45. The average molecular weight is 221 g/mol. The number of piperidine rings is 1. The largest absolute Gasteiger partial charge is 0.505 e. The van der Waals surface area contributed by atoms with Crippen molar-refractivity contribution in [1.29, 1.82) is 0 Å². The number of phenols is 1. The minimum absolute atomic E-state index is 0.180. The van der Waals surface area contributed by atoms with Gasteiger partial charge in [0.15, 0.2) is 0 Å². The van der Waals surface area contributed by atoms with Crippen LogP contribution in [-0.4, -0.2) is 23.1 Å². The zero-order valence-corrected chi connectivity index (χ0v) is 9.45. The number of hydrogen-bond donors (Lipinski definition) is 3. The number of nitrogens with two attached hydrogens (primary N) is 2. The number of aromatic hydroxyl groups is 1. The van der Waals surface area contributed by atoms with Gasteiger partial charge in [0.05, 0.1) is 5.69 Å². The highest BCUT2D eigenvalue weighted by Gasteiger charge is 2.14. The molecule has 0 amide bonds. The molecule has 0 bridgehead atoms. The molecule has 1 aliphatic heterocycles. The van der Waals surface area contributed by atoms with E-state index < -0.39 is 0 Å². The number of phenolic OH excluding ortho intramolecular Hbond substituents is 1. The molecule has 0 saturated carbocycles. The molecule has 0 aromatic heterocycles. The van der Waals surface area contributed by atoms with Gasteiger partial charge in [0.1, 0.15) is 5.75 Å². The summed E-state index contributed by atoms with van der Waals surface area (Å²) in [6.45, 7) is 2.92. The van der Waals surface area contributed by atoms with Crippen LogP contribution in [0.3, 0.4) is 0 Å². The Balaban J connectivity index is 2.13. The zero-order chi connectivity index (χ0) is 11.5. The van der Waals surface area contributed by atoms with Crippen molar-refractivity contribution in [2.75, 3.05) is 24.6 Å². The van der Waals surface area contributed by atoms with Crippen molar-refractivity contribution in [2.24, 2.45) is 0 Å². The third kappa shape index (κ3) is 2.39. The summed E-state index contributed by atoms with van der Waals surface area (Å²) in [4.78, 5) is 2.33. The number of nitrogens with zero attached hydrogens (tertiary/aromatic N) is 1. The van der Waals surface area contributed by atoms with Crippen LogP contribution in [0.1, 0.15) is 24.8 Å². The van der Waals surface area contributed by atoms with E-state index in [9.17, 15) is 5.11 Å². The van der Waals surface area contributed by atoms with Gasteiger partial charge in [-0.15, -0.1) is 0 Å². The van der Waals surface area contributed by atoms with Crippen molar-refractivity contribution in [3.8, 4) is 5.75 Å². The predicted octanol–water partition coefficient (Wildman–Crippen LogP) is 1.54. The normalized spacial score (nSPS) is 17.5. The van der Waals surface area contributed by atoms with Crippen LogP contribution in [0.5, 0.6) is 5.75 Å².